The second-order valence-electron chi connectivity index (χ2n) is 16.6. The van der Waals surface area contributed by atoms with Crippen LogP contribution in [0.4, 0.5) is 17.1 Å². The van der Waals surface area contributed by atoms with Crippen LogP contribution in [-0.2, 0) is 31.2 Å². The summed E-state index contributed by atoms with van der Waals surface area (Å²) in [6.45, 7) is 6.90. The van der Waals surface area contributed by atoms with Gasteiger partial charge in [0.05, 0.1) is 45.2 Å². The molecule has 4 heterocycles. The lowest BCUT2D eigenvalue weighted by Crippen LogP contribution is -2.60. The summed E-state index contributed by atoms with van der Waals surface area (Å²) in [7, 11) is -0.928. The molecule has 0 aliphatic carbocycles. The lowest BCUT2D eigenvalue weighted by molar-refractivity contribution is -0.274. The minimum atomic E-state index is -2.55. The molecule has 4 aromatic carbocycles. The van der Waals surface area contributed by atoms with Crippen LogP contribution in [0, 0.1) is 5.92 Å². The molecule has 10 atom stereocenters. The van der Waals surface area contributed by atoms with Crippen LogP contribution in [0.1, 0.15) is 36.1 Å². The van der Waals surface area contributed by atoms with Gasteiger partial charge in [-0.05, 0) is 60.0 Å². The number of anilines is 3. The number of para-hydroxylation sites is 1. The third-order valence-corrected chi connectivity index (χ3v) is 17.2. The fraction of sp³-hybridized carbons (Fsp3) is 0.378. The lowest BCUT2D eigenvalue weighted by Gasteiger charge is -2.37. The Labute approximate surface area is 354 Å². The van der Waals surface area contributed by atoms with Crippen molar-refractivity contribution in [3.8, 4) is 5.75 Å². The molecule has 0 radical (unpaired) electrons. The van der Waals surface area contributed by atoms with Gasteiger partial charge in [-0.2, -0.15) is 0 Å². The SMILES string of the molecule is COc1ccc([Si](C)(C)[C@@H]2[C@@H](CCn3cc(C(CO)c4ccccc4)nn3)O[C@]3(C(=O)N(c4ccccc4)c4ccc(NC(=O)[C@H]5O[C@@H](O)[C@H](O)[C@@H](O)[C@@H]5O)cc43)[C@H]2C)cc1. The molecule has 2 saturated heterocycles. The summed E-state index contributed by atoms with van der Waals surface area (Å²) in [5.74, 6) is -1.17. The zero-order valence-electron chi connectivity index (χ0n) is 34.3. The normalized spacial score (nSPS) is 27.9. The number of aryl methyl sites for hydroxylation is 1. The number of rotatable bonds is 12. The number of methoxy groups -OCH3 is 1. The third kappa shape index (κ3) is 7.46. The van der Waals surface area contributed by atoms with Crippen molar-refractivity contribution < 1.29 is 49.3 Å². The number of fused-ring (bicyclic) bond motifs is 2. The molecular formula is C45H51N5O10Si. The maximum absolute atomic E-state index is 15.4. The molecule has 0 saturated carbocycles. The molecule has 1 spiro atoms. The molecule has 15 nitrogen and oxygen atoms in total. The van der Waals surface area contributed by atoms with E-state index in [0.29, 0.717) is 35.6 Å². The van der Waals surface area contributed by atoms with Gasteiger partial charge in [-0.25, -0.2) is 0 Å². The van der Waals surface area contributed by atoms with Crippen molar-refractivity contribution in [3.05, 3.63) is 126 Å². The Morgan fingerprint density at radius 3 is 2.30 bits per heavy atom. The van der Waals surface area contributed by atoms with Crippen LogP contribution in [0.2, 0.25) is 18.6 Å². The van der Waals surface area contributed by atoms with Crippen molar-refractivity contribution in [2.45, 2.75) is 86.9 Å². The molecule has 8 rings (SSSR count). The standard InChI is InChI=1S/C45H51N5O10Si/c1-26-41(61(3,4)31-18-16-30(58-2)17-19-31)36(21-22-49-24-34(47-48-49)32(25-51)27-11-7-5-8-12-27)60-45(26)33-23-28(46-42(55)40-38(53)37(52)39(54)43(56)59-40)15-20-35(33)50(44(45)57)29-13-9-6-10-14-29/h5-20,23-24,26,32,36-41,43,51-54,56H,21-22,25H2,1-4H3,(H,46,55)/t26-,32?,36+,37-,38-,39+,40-,41-,43+,45+/m0/s1. The van der Waals surface area contributed by atoms with E-state index in [0.717, 1.165) is 16.5 Å². The maximum Gasteiger partial charge on any atom is 0.268 e. The number of hydrogen-bond acceptors (Lipinski definition) is 12. The van der Waals surface area contributed by atoms with E-state index in [4.69, 9.17) is 14.2 Å². The lowest BCUT2D eigenvalue weighted by atomic mass is 9.82. The molecule has 3 aliphatic heterocycles. The smallest absolute Gasteiger partial charge is 0.268 e. The van der Waals surface area contributed by atoms with Gasteiger partial charge in [0.2, 0.25) is 0 Å². The zero-order valence-corrected chi connectivity index (χ0v) is 35.3. The van der Waals surface area contributed by atoms with E-state index >= 15 is 4.79 Å². The van der Waals surface area contributed by atoms with Gasteiger partial charge in [0.15, 0.2) is 18.0 Å². The fourth-order valence-electron chi connectivity index (χ4n) is 9.61. The Morgan fingerprint density at radius 1 is 0.934 bits per heavy atom. The Morgan fingerprint density at radius 2 is 1.62 bits per heavy atom. The van der Waals surface area contributed by atoms with Crippen LogP contribution in [0.5, 0.6) is 5.75 Å². The van der Waals surface area contributed by atoms with Gasteiger partial charge in [-0.3, -0.25) is 19.2 Å². The summed E-state index contributed by atoms with van der Waals surface area (Å²) >= 11 is 0. The first-order valence-corrected chi connectivity index (χ1v) is 23.5. The molecule has 16 heteroatoms. The first-order chi connectivity index (χ1) is 29.3. The van der Waals surface area contributed by atoms with Crippen molar-refractivity contribution in [1.29, 1.82) is 0 Å². The summed E-state index contributed by atoms with van der Waals surface area (Å²) in [6, 6.07) is 32.1. The molecule has 6 N–H and O–H groups in total. The highest BCUT2D eigenvalue weighted by Gasteiger charge is 2.66. The average molecular weight is 850 g/mol. The number of aliphatic hydroxyl groups is 5. The van der Waals surface area contributed by atoms with Crippen LogP contribution in [0.3, 0.4) is 0 Å². The van der Waals surface area contributed by atoms with Gasteiger partial charge in [-0.1, -0.05) is 91.1 Å². The number of nitrogens with zero attached hydrogens (tertiary/aromatic N) is 4. The van der Waals surface area contributed by atoms with E-state index in [1.165, 1.54) is 0 Å². The number of ether oxygens (including phenoxy) is 3. The van der Waals surface area contributed by atoms with Crippen LogP contribution in [0.25, 0.3) is 0 Å². The number of nitrogens with one attached hydrogen (secondary N) is 1. The number of aromatic nitrogens is 3. The maximum atomic E-state index is 15.4. The molecule has 1 aromatic heterocycles. The highest BCUT2D eigenvalue weighted by Crippen LogP contribution is 2.61. The van der Waals surface area contributed by atoms with Gasteiger partial charge in [0.1, 0.15) is 24.1 Å². The second-order valence-corrected chi connectivity index (χ2v) is 21.3. The highest BCUT2D eigenvalue weighted by molar-refractivity contribution is 6.91. The zero-order chi connectivity index (χ0) is 43.2. The van der Waals surface area contributed by atoms with Crippen LogP contribution in [0.15, 0.2) is 109 Å². The van der Waals surface area contributed by atoms with E-state index in [1.54, 1.807) is 34.9 Å². The van der Waals surface area contributed by atoms with Gasteiger partial charge in [-0.15, -0.1) is 5.10 Å². The van der Waals surface area contributed by atoms with Crippen LogP contribution < -0.4 is 20.1 Å². The van der Waals surface area contributed by atoms with E-state index in [9.17, 15) is 30.3 Å². The van der Waals surface area contributed by atoms with E-state index in [1.807, 2.05) is 79.0 Å². The summed E-state index contributed by atoms with van der Waals surface area (Å²) in [5.41, 5.74) is 1.91. The fourth-order valence-corrected chi connectivity index (χ4v) is 13.7. The second kappa shape index (κ2) is 16.9. The molecule has 2 amide bonds. The van der Waals surface area contributed by atoms with Crippen molar-refractivity contribution in [1.82, 2.24) is 15.0 Å². The van der Waals surface area contributed by atoms with Crippen molar-refractivity contribution >= 4 is 42.1 Å². The van der Waals surface area contributed by atoms with E-state index in [2.05, 4.69) is 47.8 Å². The number of carbonyl (C=O) groups excluding carboxylic acids is 2. The van der Waals surface area contributed by atoms with Crippen LogP contribution in [-0.4, -0.2) is 111 Å². The Hall–Kier alpha value is -5.30. The number of amides is 2. The first kappa shape index (κ1) is 42.4. The van der Waals surface area contributed by atoms with E-state index in [-0.39, 0.29) is 29.7 Å². The van der Waals surface area contributed by atoms with E-state index < -0.39 is 62.3 Å². The molecule has 1 unspecified atom stereocenters. The molecule has 0 bridgehead atoms. The highest BCUT2D eigenvalue weighted by atomic mass is 28.3. The van der Waals surface area contributed by atoms with Crippen molar-refractivity contribution in [2.24, 2.45) is 5.92 Å². The summed E-state index contributed by atoms with van der Waals surface area (Å²) in [5, 5.41) is 64.1. The minimum Gasteiger partial charge on any atom is -0.497 e. The van der Waals surface area contributed by atoms with Gasteiger partial charge >= 0.3 is 0 Å². The summed E-state index contributed by atoms with van der Waals surface area (Å²) in [6.07, 6.45) is -7.21. The number of aliphatic hydroxyl groups excluding tert-OH is 5. The van der Waals surface area contributed by atoms with Gasteiger partial charge < -0.3 is 45.1 Å². The molecule has 61 heavy (non-hydrogen) atoms. The average Bonchev–Trinajstić information content (AvgIpc) is 3.93. The minimum absolute atomic E-state index is 0.135. The molecule has 3 aliphatic rings. The van der Waals surface area contributed by atoms with Crippen LogP contribution >= 0.6 is 0 Å². The van der Waals surface area contributed by atoms with Gasteiger partial charge in [0, 0.05) is 35.6 Å². The van der Waals surface area contributed by atoms with Crippen molar-refractivity contribution in [3.63, 3.8) is 0 Å². The largest absolute Gasteiger partial charge is 0.497 e. The Balaban J connectivity index is 1.18. The number of benzene rings is 4. The first-order valence-electron chi connectivity index (χ1n) is 20.4. The van der Waals surface area contributed by atoms with Gasteiger partial charge in [0.25, 0.3) is 11.8 Å². The monoisotopic (exact) mass is 849 g/mol. The number of hydrogen-bond donors (Lipinski definition) is 6. The molecule has 320 valence electrons. The molecular weight excluding hydrogens is 799 g/mol. The summed E-state index contributed by atoms with van der Waals surface area (Å²) in [4.78, 5) is 30.6. The molecule has 5 aromatic rings. The Bertz CT molecular complexity index is 2350. The topological polar surface area (TPSA) is 209 Å². The van der Waals surface area contributed by atoms with Crippen molar-refractivity contribution in [2.75, 3.05) is 23.9 Å². The number of carbonyl (C=O) groups is 2. The third-order valence-electron chi connectivity index (χ3n) is 12.8. The predicted molar refractivity (Wildman–Crippen MR) is 227 cm³/mol. The Kier molecular flexibility index (Phi) is 11.7. The summed E-state index contributed by atoms with van der Waals surface area (Å²) < 4.78 is 19.8. The predicted octanol–water partition coefficient (Wildman–Crippen LogP) is 3.13. The quantitative estimate of drug-likeness (QED) is 0.100. The molecule has 2 fully saturated rings.